The van der Waals surface area contributed by atoms with Crippen LogP contribution in [0.2, 0.25) is 3.17 Å². The van der Waals surface area contributed by atoms with Crippen molar-refractivity contribution in [1.82, 2.24) is 0 Å². The van der Waals surface area contributed by atoms with E-state index in [1.807, 2.05) is 0 Å². The van der Waals surface area contributed by atoms with Crippen LogP contribution in [0.5, 0.6) is 0 Å². The van der Waals surface area contributed by atoms with Gasteiger partial charge in [-0.25, -0.2) is 0 Å². The Kier molecular flexibility index (Phi) is 5.50. The molecule has 0 radical (unpaired) electrons. The SMILES string of the molecule is O=C(O)C[CH]([Na])[C](=O)[Na]. The van der Waals surface area contributed by atoms with Gasteiger partial charge < -0.3 is 0 Å². The van der Waals surface area contributed by atoms with Gasteiger partial charge in [-0.15, -0.1) is 0 Å². The number of rotatable bonds is 3. The molecule has 3 nitrogen and oxygen atoms in total. The number of carboxylic acids is 1. The van der Waals surface area contributed by atoms with Crippen molar-refractivity contribution in [2.24, 2.45) is 0 Å². The van der Waals surface area contributed by atoms with Crippen molar-refractivity contribution in [2.45, 2.75) is 9.59 Å². The van der Waals surface area contributed by atoms with Crippen molar-refractivity contribution in [3.63, 3.8) is 0 Å². The molecule has 9 heavy (non-hydrogen) atoms. The van der Waals surface area contributed by atoms with Gasteiger partial charge >= 0.3 is 89.1 Å². The molecule has 0 rings (SSSR count). The van der Waals surface area contributed by atoms with E-state index in [0.717, 1.165) is 0 Å². The second kappa shape index (κ2) is 4.88. The Labute approximate surface area is 88.0 Å². The molecule has 0 aromatic carbocycles. The van der Waals surface area contributed by atoms with Crippen molar-refractivity contribution in [2.75, 3.05) is 0 Å². The molecule has 0 aromatic rings. The standard InChI is InChI=1S/C4H4O3.2Na/c5-3-1-2-4(6)7;;/h1H,2H2,(H,6,7);;. The summed E-state index contributed by atoms with van der Waals surface area (Å²) in [4.78, 5) is 20.5. The Balaban J connectivity index is 3.63. The summed E-state index contributed by atoms with van der Waals surface area (Å²) in [6, 6.07) is 0. The van der Waals surface area contributed by atoms with Gasteiger partial charge in [0.15, 0.2) is 0 Å². The number of hydrogen-bond acceptors (Lipinski definition) is 2. The van der Waals surface area contributed by atoms with E-state index in [1.54, 1.807) is 0 Å². The van der Waals surface area contributed by atoms with Gasteiger partial charge in [0, 0.05) is 0 Å². The normalized spacial score (nSPS) is 12.9. The third-order valence-corrected chi connectivity index (χ3v) is 4.54. The molecule has 40 valence electrons. The van der Waals surface area contributed by atoms with E-state index in [2.05, 4.69) is 0 Å². The molecule has 0 amide bonds. The fraction of sp³-hybridized carbons (Fsp3) is 0.500. The van der Waals surface area contributed by atoms with E-state index < -0.39 is 5.97 Å². The van der Waals surface area contributed by atoms with Crippen molar-refractivity contribution >= 4 is 64.9 Å². The maximum atomic E-state index is 10.5. The quantitative estimate of drug-likeness (QED) is 0.525. The zero-order chi connectivity index (χ0) is 7.44. The van der Waals surface area contributed by atoms with E-state index >= 15 is 0 Å². The molecule has 0 bridgehead atoms. The van der Waals surface area contributed by atoms with Gasteiger partial charge in [0.1, 0.15) is 0 Å². The van der Waals surface area contributed by atoms with Crippen molar-refractivity contribution < 1.29 is 14.7 Å². The molecule has 0 aliphatic carbocycles. The van der Waals surface area contributed by atoms with E-state index in [-0.39, 0.29) is 12.6 Å². The molecule has 0 spiro atoms. The summed E-state index contributed by atoms with van der Waals surface area (Å²) in [5, 5.41) is 8.22. The fourth-order valence-corrected chi connectivity index (χ4v) is 0.959. The Bertz CT molecular complexity index is 134. The van der Waals surface area contributed by atoms with Crippen molar-refractivity contribution in [3.05, 3.63) is 0 Å². The van der Waals surface area contributed by atoms with Crippen LogP contribution < -0.4 is 0 Å². The summed E-state index contributed by atoms with van der Waals surface area (Å²) in [5.74, 6) is -0.862. The topological polar surface area (TPSA) is 54.4 Å². The molecule has 1 atom stereocenters. The fourth-order valence-electron chi connectivity index (χ4n) is 0.406. The zero-order valence-corrected chi connectivity index (χ0v) is 9.55. The third kappa shape index (κ3) is 5.58. The molecule has 1 unspecified atom stereocenters. The second-order valence-electron chi connectivity index (χ2n) is 2.11. The summed E-state index contributed by atoms with van der Waals surface area (Å²) in [6.07, 6.45) is 0.0363. The van der Waals surface area contributed by atoms with Crippen LogP contribution in [0.1, 0.15) is 6.42 Å². The molecule has 0 aromatic heterocycles. The average molecular weight is 146 g/mol. The first kappa shape index (κ1) is 10.1. The predicted molar refractivity (Wildman–Crippen MR) is 32.5 cm³/mol. The Morgan fingerprint density at radius 1 is 1.56 bits per heavy atom. The molecule has 0 fully saturated rings. The average Bonchev–Trinajstić information content (AvgIpc) is 1.63. The monoisotopic (exact) mass is 146 g/mol. The van der Waals surface area contributed by atoms with Gasteiger partial charge in [-0.05, 0) is 0 Å². The van der Waals surface area contributed by atoms with Gasteiger partial charge in [0.25, 0.3) is 0 Å². The van der Waals surface area contributed by atoms with E-state index in [9.17, 15) is 9.59 Å². The van der Waals surface area contributed by atoms with Gasteiger partial charge in [0.2, 0.25) is 0 Å². The maximum absolute atomic E-state index is 10.5. The summed E-state index contributed by atoms with van der Waals surface area (Å²) < 4.78 is -0.0155. The first-order valence-corrected chi connectivity index (χ1v) is 4.91. The van der Waals surface area contributed by atoms with E-state index in [0.29, 0.717) is 55.9 Å². The number of hydrogen-bond donors (Lipinski definition) is 1. The number of carbonyl (C=O) groups is 2. The Morgan fingerprint density at radius 3 is 2.11 bits per heavy atom. The second-order valence-corrected chi connectivity index (χ2v) is 4.49. The van der Waals surface area contributed by atoms with E-state index in [4.69, 9.17) is 5.11 Å². The zero-order valence-electron chi connectivity index (χ0n) is 5.55. The minimum atomic E-state index is -0.862. The van der Waals surface area contributed by atoms with Gasteiger partial charge in [0.05, 0.1) is 0 Å². The third-order valence-electron chi connectivity index (χ3n) is 1.17. The van der Waals surface area contributed by atoms with Crippen LogP contribution in [0.15, 0.2) is 0 Å². The summed E-state index contributed by atoms with van der Waals surface area (Å²) in [6.45, 7) is 0. The van der Waals surface area contributed by atoms with Crippen LogP contribution in [0.4, 0.5) is 0 Å². The number of carbonyl (C=O) groups excluding carboxylic acids is 1. The molecule has 0 aliphatic rings. The van der Waals surface area contributed by atoms with Crippen LogP contribution in [0, 0.1) is 0 Å². The van der Waals surface area contributed by atoms with Crippen LogP contribution in [-0.4, -0.2) is 70.0 Å². The molecule has 0 aliphatic heterocycles. The van der Waals surface area contributed by atoms with Crippen molar-refractivity contribution in [1.29, 1.82) is 0 Å². The van der Waals surface area contributed by atoms with Crippen LogP contribution >= 0.6 is 0 Å². The number of carboxylic acid groups (broad SMARTS) is 1. The minimum absolute atomic E-state index is 0.0363. The molecular formula is C4H4Na2O3. The molecule has 1 N–H and O–H groups in total. The van der Waals surface area contributed by atoms with Crippen molar-refractivity contribution in [3.8, 4) is 0 Å². The summed E-state index contributed by atoms with van der Waals surface area (Å²) >= 11 is 1.17. The summed E-state index contributed by atoms with van der Waals surface area (Å²) in [7, 11) is 0. The Morgan fingerprint density at radius 2 is 2.00 bits per heavy atom. The molecular weight excluding hydrogens is 142 g/mol. The van der Waals surface area contributed by atoms with Crippen LogP contribution in [0.3, 0.4) is 0 Å². The molecule has 0 saturated heterocycles. The van der Waals surface area contributed by atoms with Crippen LogP contribution in [-0.2, 0) is 9.59 Å². The number of aliphatic carboxylic acids is 1. The first-order valence-electron chi connectivity index (χ1n) is 2.76. The molecule has 5 heteroatoms. The van der Waals surface area contributed by atoms with Crippen LogP contribution in [0.25, 0.3) is 0 Å². The van der Waals surface area contributed by atoms with Gasteiger partial charge in [-0.1, -0.05) is 0 Å². The Hall–Kier alpha value is 1.14. The molecule has 0 saturated carbocycles. The predicted octanol–water partition coefficient (Wildman–Crippen LogP) is -0.887. The van der Waals surface area contributed by atoms with E-state index in [1.165, 1.54) is 0 Å². The van der Waals surface area contributed by atoms with Gasteiger partial charge in [-0.2, -0.15) is 0 Å². The first-order chi connectivity index (χ1) is 4.04. The van der Waals surface area contributed by atoms with Gasteiger partial charge in [-0.3, -0.25) is 0 Å². The molecule has 0 heterocycles. The summed E-state index contributed by atoms with van der Waals surface area (Å²) in [5.41, 5.74) is 0.